The van der Waals surface area contributed by atoms with Gasteiger partial charge in [-0.05, 0) is 33.4 Å². The van der Waals surface area contributed by atoms with Gasteiger partial charge in [-0.2, -0.15) is 0 Å². The summed E-state index contributed by atoms with van der Waals surface area (Å²) in [5.41, 5.74) is 0.0681. The Bertz CT molecular complexity index is 640. The smallest absolute Gasteiger partial charge is 0.353 e. The number of amides is 1. The van der Waals surface area contributed by atoms with E-state index in [-0.39, 0.29) is 34.9 Å². The summed E-state index contributed by atoms with van der Waals surface area (Å²) in [6, 6.07) is -0.289. The number of carbonyl (C=O) groups is 2. The number of aliphatic hydroxyl groups excluding tert-OH is 2. The van der Waals surface area contributed by atoms with E-state index in [1.807, 2.05) is 14.0 Å². The molecule has 3 aliphatic rings. The minimum Gasteiger partial charge on any atom is -0.477 e. The van der Waals surface area contributed by atoms with Gasteiger partial charge in [0.1, 0.15) is 5.70 Å². The van der Waals surface area contributed by atoms with Gasteiger partial charge in [-0.3, -0.25) is 4.79 Å². The van der Waals surface area contributed by atoms with E-state index in [4.69, 9.17) is 0 Å². The third kappa shape index (κ3) is 3.63. The highest BCUT2D eigenvalue weighted by atomic mass is 32.2. The molecule has 27 heavy (non-hydrogen) atoms. The van der Waals surface area contributed by atoms with Gasteiger partial charge in [-0.15, -0.1) is 11.8 Å². The average molecular weight is 400 g/mol. The van der Waals surface area contributed by atoms with E-state index < -0.39 is 24.1 Å². The minimum atomic E-state index is -1.10. The van der Waals surface area contributed by atoms with Gasteiger partial charge in [0.2, 0.25) is 5.91 Å². The van der Waals surface area contributed by atoms with Crippen LogP contribution < -0.4 is 10.6 Å². The molecule has 0 aliphatic carbocycles. The first-order valence-corrected chi connectivity index (χ1v) is 10.4. The van der Waals surface area contributed by atoms with Crippen LogP contribution in [0, 0.1) is 11.8 Å². The van der Waals surface area contributed by atoms with Gasteiger partial charge in [-0.25, -0.2) is 4.79 Å². The van der Waals surface area contributed by atoms with Crippen LogP contribution in [0.1, 0.15) is 26.7 Å². The number of carbonyl (C=O) groups excluding carboxylic acids is 1. The zero-order valence-corrected chi connectivity index (χ0v) is 16.7. The first-order chi connectivity index (χ1) is 12.8. The number of nitrogens with zero attached hydrogens (tertiary/aromatic N) is 1. The molecule has 0 unspecified atom stereocenters. The highest BCUT2D eigenvalue weighted by Crippen LogP contribution is 2.51. The van der Waals surface area contributed by atoms with E-state index in [1.54, 1.807) is 6.92 Å². The summed E-state index contributed by atoms with van der Waals surface area (Å²) < 4.78 is 0. The SMILES string of the molecule is CNCC[C@@H](O)[C@@H]1C[C@H](SC2=C(C(=O)O)N3C(=O)[C@H]([C@H](C)O)[C@H]3[C@H]2C)CN1. The Balaban J connectivity index is 1.71. The molecule has 3 heterocycles. The molecule has 152 valence electrons. The van der Waals surface area contributed by atoms with Crippen LogP contribution in [0.15, 0.2) is 10.6 Å². The van der Waals surface area contributed by atoms with Crippen molar-refractivity contribution in [3.8, 4) is 0 Å². The average Bonchev–Trinajstić information content (AvgIpc) is 3.15. The van der Waals surface area contributed by atoms with Crippen LogP contribution in [0.3, 0.4) is 0 Å². The summed E-state index contributed by atoms with van der Waals surface area (Å²) in [7, 11) is 1.85. The van der Waals surface area contributed by atoms with Gasteiger partial charge < -0.3 is 30.9 Å². The Hall–Kier alpha value is -1.13. The maximum absolute atomic E-state index is 12.4. The molecular weight excluding hydrogens is 370 g/mol. The van der Waals surface area contributed by atoms with Gasteiger partial charge >= 0.3 is 5.97 Å². The van der Waals surface area contributed by atoms with Crippen molar-refractivity contribution in [2.75, 3.05) is 20.1 Å². The van der Waals surface area contributed by atoms with Crippen molar-refractivity contribution in [1.82, 2.24) is 15.5 Å². The van der Waals surface area contributed by atoms with Crippen LogP contribution in [0.4, 0.5) is 0 Å². The fourth-order valence-corrected chi connectivity index (χ4v) is 5.96. The van der Waals surface area contributed by atoms with Crippen molar-refractivity contribution in [1.29, 1.82) is 0 Å². The van der Waals surface area contributed by atoms with Crippen molar-refractivity contribution >= 4 is 23.6 Å². The Kier molecular flexibility index (Phi) is 6.17. The van der Waals surface area contributed by atoms with Crippen molar-refractivity contribution in [2.45, 2.75) is 56.2 Å². The van der Waals surface area contributed by atoms with Crippen LogP contribution >= 0.6 is 11.8 Å². The second kappa shape index (κ2) is 8.08. The molecule has 0 spiro atoms. The molecule has 0 radical (unpaired) electrons. The molecular formula is C18H29N3O5S. The van der Waals surface area contributed by atoms with Crippen LogP contribution in [-0.4, -0.2) is 81.8 Å². The van der Waals surface area contributed by atoms with Crippen molar-refractivity contribution in [3.63, 3.8) is 0 Å². The molecule has 0 saturated carbocycles. The summed E-state index contributed by atoms with van der Waals surface area (Å²) in [6.45, 7) is 4.94. The van der Waals surface area contributed by atoms with Gasteiger partial charge in [0.15, 0.2) is 0 Å². The first-order valence-electron chi connectivity index (χ1n) is 9.49. The number of rotatable bonds is 8. The number of nitrogens with one attached hydrogen (secondary N) is 2. The molecule has 3 aliphatic heterocycles. The summed E-state index contributed by atoms with van der Waals surface area (Å²) >= 11 is 1.50. The molecule has 2 saturated heterocycles. The Labute approximate surface area is 163 Å². The number of carboxylic acid groups (broad SMARTS) is 1. The van der Waals surface area contributed by atoms with Crippen molar-refractivity contribution in [3.05, 3.63) is 10.6 Å². The maximum Gasteiger partial charge on any atom is 0.353 e. The Morgan fingerprint density at radius 1 is 1.44 bits per heavy atom. The van der Waals surface area contributed by atoms with E-state index in [9.17, 15) is 24.9 Å². The minimum absolute atomic E-state index is 0.00897. The first kappa shape index (κ1) is 20.6. The molecule has 5 N–H and O–H groups in total. The lowest BCUT2D eigenvalue weighted by Crippen LogP contribution is -2.63. The van der Waals surface area contributed by atoms with Gasteiger partial charge in [0, 0.05) is 28.7 Å². The lowest BCUT2D eigenvalue weighted by Gasteiger charge is -2.46. The number of fused-ring (bicyclic) bond motifs is 1. The van der Waals surface area contributed by atoms with Gasteiger partial charge in [-0.1, -0.05) is 6.92 Å². The lowest BCUT2D eigenvalue weighted by atomic mass is 9.79. The molecule has 2 fully saturated rings. The van der Waals surface area contributed by atoms with Crippen LogP contribution in [0.25, 0.3) is 0 Å². The predicted octanol–water partition coefficient (Wildman–Crippen LogP) is -0.426. The zero-order valence-electron chi connectivity index (χ0n) is 15.9. The molecule has 8 nitrogen and oxygen atoms in total. The van der Waals surface area contributed by atoms with Crippen LogP contribution in [0.2, 0.25) is 0 Å². The largest absolute Gasteiger partial charge is 0.477 e. The quantitative estimate of drug-likeness (QED) is 0.349. The van der Waals surface area contributed by atoms with Gasteiger partial charge in [0.25, 0.3) is 0 Å². The molecule has 0 aromatic heterocycles. The number of hydrogen-bond donors (Lipinski definition) is 5. The standard InChI is InChI=1S/C18H29N3O5S/c1-8-14-13(9(2)22)17(24)21(14)15(18(25)26)16(8)27-10-6-11(20-7-10)12(23)4-5-19-3/h8-14,19-20,22-23H,4-7H2,1-3H3,(H,25,26)/t8-,9+,10+,11+,12-,13-,14-/m1/s1. The van der Waals surface area contributed by atoms with Gasteiger partial charge in [0.05, 0.1) is 24.2 Å². The molecule has 7 atom stereocenters. The number of aliphatic carboxylic acids is 1. The molecule has 0 bridgehead atoms. The highest BCUT2D eigenvalue weighted by Gasteiger charge is 2.60. The molecule has 3 rings (SSSR count). The topological polar surface area (TPSA) is 122 Å². The number of carboxylic acids is 1. The third-order valence-corrected chi connectivity index (χ3v) is 7.40. The number of thioether (sulfide) groups is 1. The van der Waals surface area contributed by atoms with E-state index in [2.05, 4.69) is 10.6 Å². The highest BCUT2D eigenvalue weighted by molar-refractivity contribution is 8.03. The van der Waals surface area contributed by atoms with E-state index in [0.29, 0.717) is 17.9 Å². The summed E-state index contributed by atoms with van der Waals surface area (Å²) in [6.07, 6.45) is 0.168. The van der Waals surface area contributed by atoms with E-state index in [0.717, 1.165) is 13.0 Å². The van der Waals surface area contributed by atoms with Crippen molar-refractivity contribution in [2.24, 2.45) is 11.8 Å². The second-order valence-corrected chi connectivity index (χ2v) is 9.06. The summed E-state index contributed by atoms with van der Waals surface area (Å²) in [5, 5.41) is 36.4. The lowest BCUT2D eigenvalue weighted by molar-refractivity contribution is -0.163. The Morgan fingerprint density at radius 3 is 2.74 bits per heavy atom. The molecule has 0 aromatic carbocycles. The zero-order chi connectivity index (χ0) is 19.9. The summed E-state index contributed by atoms with van der Waals surface area (Å²) in [5.74, 6) is -2.06. The number of hydrogen-bond acceptors (Lipinski definition) is 7. The van der Waals surface area contributed by atoms with Crippen LogP contribution in [0.5, 0.6) is 0 Å². The van der Waals surface area contributed by atoms with Crippen molar-refractivity contribution < 1.29 is 24.9 Å². The van der Waals surface area contributed by atoms with Crippen LogP contribution in [-0.2, 0) is 9.59 Å². The van der Waals surface area contributed by atoms with E-state index >= 15 is 0 Å². The fraction of sp³-hybridized carbons (Fsp3) is 0.778. The monoisotopic (exact) mass is 399 g/mol. The maximum atomic E-state index is 12.4. The summed E-state index contributed by atoms with van der Waals surface area (Å²) in [4.78, 5) is 26.3. The predicted molar refractivity (Wildman–Crippen MR) is 102 cm³/mol. The molecule has 9 heteroatoms. The second-order valence-electron chi connectivity index (χ2n) is 7.72. The third-order valence-electron chi connectivity index (χ3n) is 5.88. The normalized spacial score (nSPS) is 35.2. The fourth-order valence-electron chi connectivity index (χ4n) is 4.47. The molecule has 0 aromatic rings. The number of aliphatic hydroxyl groups is 2. The van der Waals surface area contributed by atoms with E-state index in [1.165, 1.54) is 16.7 Å². The number of β-lactam (4-membered cyclic amide) rings is 1. The Morgan fingerprint density at radius 2 is 2.15 bits per heavy atom. The molecule has 1 amide bonds.